The van der Waals surface area contributed by atoms with Crippen molar-refractivity contribution >= 4 is 5.91 Å². The average molecular weight is 337 g/mol. The largest absolute Gasteiger partial charge is 0.484 e. The van der Waals surface area contributed by atoms with Crippen LogP contribution in [0.5, 0.6) is 5.75 Å². The zero-order chi connectivity index (χ0) is 17.6. The van der Waals surface area contributed by atoms with E-state index < -0.39 is 11.7 Å². The molecule has 0 saturated carbocycles. The lowest BCUT2D eigenvalue weighted by Crippen LogP contribution is -2.31. The number of ether oxygens (including phenoxy) is 1. The number of nitrogens with one attached hydrogen (secondary N) is 1. The van der Waals surface area contributed by atoms with Gasteiger partial charge in [-0.2, -0.15) is 13.2 Å². The molecule has 0 bridgehead atoms. The van der Waals surface area contributed by atoms with Crippen molar-refractivity contribution in [1.29, 1.82) is 0 Å². The molecule has 0 spiro atoms. The Hall–Kier alpha value is -2.50. The Morgan fingerprint density at radius 1 is 1.08 bits per heavy atom. The predicted octanol–water partition coefficient (Wildman–Crippen LogP) is 4.00. The van der Waals surface area contributed by atoms with E-state index in [9.17, 15) is 18.0 Å². The molecule has 1 N–H and O–H groups in total. The molecule has 0 aromatic heterocycles. The summed E-state index contributed by atoms with van der Waals surface area (Å²) in [6.45, 7) is 2.21. The molecular weight excluding hydrogens is 319 g/mol. The van der Waals surface area contributed by atoms with Gasteiger partial charge < -0.3 is 10.1 Å². The minimum absolute atomic E-state index is 0.154. The number of carbonyl (C=O) groups excluding carboxylic acids is 1. The summed E-state index contributed by atoms with van der Waals surface area (Å²) in [5.41, 5.74) is 0.359. The van der Waals surface area contributed by atoms with Crippen LogP contribution >= 0.6 is 0 Å². The van der Waals surface area contributed by atoms with Gasteiger partial charge in [-0.15, -0.1) is 0 Å². The van der Waals surface area contributed by atoms with Crippen molar-refractivity contribution in [3.05, 3.63) is 65.7 Å². The number of benzene rings is 2. The van der Waals surface area contributed by atoms with Crippen LogP contribution < -0.4 is 10.1 Å². The smallest absolute Gasteiger partial charge is 0.416 e. The molecule has 3 nitrogen and oxygen atoms in total. The fourth-order valence-electron chi connectivity index (χ4n) is 2.11. The van der Waals surface area contributed by atoms with E-state index in [1.54, 1.807) is 0 Å². The summed E-state index contributed by atoms with van der Waals surface area (Å²) in [6.07, 6.45) is -4.39. The molecule has 0 fully saturated rings. The minimum Gasteiger partial charge on any atom is -0.484 e. The number of hydrogen-bond acceptors (Lipinski definition) is 2. The van der Waals surface area contributed by atoms with Crippen LogP contribution in [-0.2, 0) is 11.0 Å². The molecule has 1 amide bonds. The van der Waals surface area contributed by atoms with Crippen LogP contribution in [0.15, 0.2) is 54.6 Å². The number of hydrogen-bond donors (Lipinski definition) is 1. The van der Waals surface area contributed by atoms with E-state index >= 15 is 0 Å². The van der Waals surface area contributed by atoms with Crippen molar-refractivity contribution in [2.75, 3.05) is 13.2 Å². The summed E-state index contributed by atoms with van der Waals surface area (Å²) in [4.78, 5) is 11.8. The van der Waals surface area contributed by atoms with E-state index in [0.29, 0.717) is 6.54 Å². The number of halogens is 3. The number of rotatable bonds is 6. The maximum absolute atomic E-state index is 12.4. The molecule has 1 unspecified atom stereocenters. The molecule has 1 atom stereocenters. The first kappa shape index (κ1) is 17.8. The van der Waals surface area contributed by atoms with Crippen LogP contribution in [0.4, 0.5) is 13.2 Å². The Labute approximate surface area is 138 Å². The van der Waals surface area contributed by atoms with E-state index in [1.165, 1.54) is 12.1 Å². The molecule has 0 radical (unpaired) electrons. The summed E-state index contributed by atoms with van der Waals surface area (Å²) >= 11 is 0. The van der Waals surface area contributed by atoms with Crippen LogP contribution in [0.1, 0.15) is 24.0 Å². The summed E-state index contributed by atoms with van der Waals surface area (Å²) in [5, 5.41) is 2.74. The SMILES string of the molecule is CC(CNC(=O)COc1ccc(C(F)(F)F)cc1)c1ccccc1. The highest BCUT2D eigenvalue weighted by atomic mass is 19.4. The Balaban J connectivity index is 1.77. The molecule has 128 valence electrons. The van der Waals surface area contributed by atoms with Crippen LogP contribution in [-0.4, -0.2) is 19.1 Å². The van der Waals surface area contributed by atoms with E-state index in [0.717, 1.165) is 17.7 Å². The van der Waals surface area contributed by atoms with Crippen LogP contribution in [0.2, 0.25) is 0 Å². The van der Waals surface area contributed by atoms with Gasteiger partial charge in [0.05, 0.1) is 5.56 Å². The lowest BCUT2D eigenvalue weighted by atomic mass is 10.0. The van der Waals surface area contributed by atoms with Gasteiger partial charge in [0, 0.05) is 6.54 Å². The monoisotopic (exact) mass is 337 g/mol. The maximum Gasteiger partial charge on any atom is 0.416 e. The molecule has 0 aliphatic heterocycles. The average Bonchev–Trinajstić information content (AvgIpc) is 2.58. The van der Waals surface area contributed by atoms with Gasteiger partial charge in [-0.1, -0.05) is 37.3 Å². The first-order valence-corrected chi connectivity index (χ1v) is 7.48. The molecule has 2 rings (SSSR count). The third kappa shape index (κ3) is 5.30. The van der Waals surface area contributed by atoms with Gasteiger partial charge in [0.1, 0.15) is 5.75 Å². The topological polar surface area (TPSA) is 38.3 Å². The zero-order valence-corrected chi connectivity index (χ0v) is 13.1. The zero-order valence-electron chi connectivity index (χ0n) is 13.1. The van der Waals surface area contributed by atoms with Gasteiger partial charge in [0.25, 0.3) is 5.91 Å². The minimum atomic E-state index is -4.39. The lowest BCUT2D eigenvalue weighted by Gasteiger charge is -2.13. The fourth-order valence-corrected chi connectivity index (χ4v) is 2.11. The number of alkyl halides is 3. The molecule has 0 aliphatic carbocycles. The molecule has 0 heterocycles. The van der Waals surface area contributed by atoms with Crippen molar-refractivity contribution in [3.8, 4) is 5.75 Å². The van der Waals surface area contributed by atoms with E-state index in [1.807, 2.05) is 37.3 Å². The predicted molar refractivity (Wildman–Crippen MR) is 84.8 cm³/mol. The van der Waals surface area contributed by atoms with Gasteiger partial charge >= 0.3 is 6.18 Å². The normalized spacial score (nSPS) is 12.5. The molecule has 6 heteroatoms. The quantitative estimate of drug-likeness (QED) is 0.865. The highest BCUT2D eigenvalue weighted by Crippen LogP contribution is 2.30. The fraction of sp³-hybridized carbons (Fsp3) is 0.278. The van der Waals surface area contributed by atoms with Gasteiger partial charge in [-0.25, -0.2) is 0 Å². The van der Waals surface area contributed by atoms with E-state index in [2.05, 4.69) is 5.32 Å². The Morgan fingerprint density at radius 3 is 2.29 bits per heavy atom. The lowest BCUT2D eigenvalue weighted by molar-refractivity contribution is -0.137. The van der Waals surface area contributed by atoms with E-state index in [4.69, 9.17) is 4.74 Å². The summed E-state index contributed by atoms with van der Waals surface area (Å²) in [7, 11) is 0. The second-order valence-corrected chi connectivity index (χ2v) is 5.43. The van der Waals surface area contributed by atoms with Crippen molar-refractivity contribution in [2.24, 2.45) is 0 Å². The van der Waals surface area contributed by atoms with Gasteiger partial charge in [0.15, 0.2) is 6.61 Å². The van der Waals surface area contributed by atoms with Gasteiger partial charge in [0.2, 0.25) is 0 Å². The Bertz CT molecular complexity index is 654. The molecular formula is C18H18F3NO2. The maximum atomic E-state index is 12.4. The van der Waals surface area contributed by atoms with Crippen molar-refractivity contribution in [1.82, 2.24) is 5.32 Å². The molecule has 24 heavy (non-hydrogen) atoms. The first-order chi connectivity index (χ1) is 11.4. The Kier molecular flexibility index (Phi) is 5.84. The summed E-state index contributed by atoms with van der Waals surface area (Å²) in [5.74, 6) is 0.0492. The van der Waals surface area contributed by atoms with Crippen molar-refractivity contribution in [3.63, 3.8) is 0 Å². The van der Waals surface area contributed by atoms with Gasteiger partial charge in [-0.3, -0.25) is 4.79 Å². The highest BCUT2D eigenvalue weighted by Gasteiger charge is 2.30. The van der Waals surface area contributed by atoms with Crippen LogP contribution in [0, 0.1) is 0 Å². The molecule has 0 saturated heterocycles. The number of carbonyl (C=O) groups is 1. The number of amides is 1. The van der Waals surface area contributed by atoms with Crippen molar-refractivity contribution < 1.29 is 22.7 Å². The third-order valence-electron chi connectivity index (χ3n) is 3.53. The Morgan fingerprint density at radius 2 is 1.71 bits per heavy atom. The standard InChI is InChI=1S/C18H18F3NO2/c1-13(14-5-3-2-4-6-14)11-22-17(23)12-24-16-9-7-15(8-10-16)18(19,20)21/h2-10,13H,11-12H2,1H3,(H,22,23). The second-order valence-electron chi connectivity index (χ2n) is 5.43. The summed E-state index contributed by atoms with van der Waals surface area (Å²) in [6, 6.07) is 14.0. The van der Waals surface area contributed by atoms with Crippen LogP contribution in [0.3, 0.4) is 0 Å². The second kappa shape index (κ2) is 7.86. The van der Waals surface area contributed by atoms with E-state index in [-0.39, 0.29) is 24.2 Å². The van der Waals surface area contributed by atoms with Crippen LogP contribution in [0.25, 0.3) is 0 Å². The summed E-state index contributed by atoms with van der Waals surface area (Å²) < 4.78 is 42.5. The van der Waals surface area contributed by atoms with Crippen molar-refractivity contribution in [2.45, 2.75) is 19.0 Å². The molecule has 0 aliphatic rings. The third-order valence-corrected chi connectivity index (χ3v) is 3.53. The molecule has 2 aromatic carbocycles. The molecule has 2 aromatic rings. The first-order valence-electron chi connectivity index (χ1n) is 7.48. The highest BCUT2D eigenvalue weighted by molar-refractivity contribution is 5.77. The van der Waals surface area contributed by atoms with Gasteiger partial charge in [-0.05, 0) is 35.7 Å².